The quantitative estimate of drug-likeness (QED) is 0.136. The van der Waals surface area contributed by atoms with Gasteiger partial charge in [-0.1, -0.05) is 152 Å². The van der Waals surface area contributed by atoms with Crippen LogP contribution in [0.2, 0.25) is 0 Å². The van der Waals surface area contributed by atoms with Gasteiger partial charge in [-0.15, -0.1) is 11.3 Å². The number of aryl methyl sites for hydroxylation is 1. The number of nitrogens with zero attached hydrogens (tertiary/aromatic N) is 5. The molecule has 0 aliphatic rings. The molecule has 8 aromatic carbocycles. The Hall–Kier alpha value is -8.06. The van der Waals surface area contributed by atoms with Crippen LogP contribution in [-0.2, 0) is 6.54 Å². The predicted octanol–water partition coefficient (Wildman–Crippen LogP) is 15.4. The Labute approximate surface area is 376 Å². The third-order valence-electron chi connectivity index (χ3n) is 11.4. The standard InChI is InChI=1S/C52H37N5S.C6H6/c1-34-29-46(56-52(55-34)38-17-10-5-11-18-38)37-19-23-42(24-20-37)57-47-25-21-39(35-13-6-3-7-14-35)31-45(47)49-50(57)41(33-54-28-12-27-53-2)32-44-43-30-40(36-15-8-4-9-16-36)22-26-48(43)58-51(44)49;1-2-4-6-5-3-1/h3-32H,2,33H2,1H3;1-6H/b27-12-,54-28?;. The summed E-state index contributed by atoms with van der Waals surface area (Å²) in [6, 6.07) is 70.4. The predicted molar refractivity (Wildman–Crippen MR) is 273 cm³/mol. The van der Waals surface area contributed by atoms with Crippen molar-refractivity contribution in [1.82, 2.24) is 14.5 Å². The summed E-state index contributed by atoms with van der Waals surface area (Å²) in [5.74, 6) is 0.725. The Kier molecular flexibility index (Phi) is 11.3. The average molecular weight is 842 g/mol. The normalized spacial score (nSPS) is 11.5. The minimum absolute atomic E-state index is 0.492. The molecule has 6 heteroatoms. The van der Waals surface area contributed by atoms with Crippen LogP contribution in [0.15, 0.2) is 222 Å². The number of fused-ring (bicyclic) bond motifs is 7. The van der Waals surface area contributed by atoms with E-state index in [1.165, 1.54) is 53.2 Å². The van der Waals surface area contributed by atoms with Crippen LogP contribution in [-0.4, -0.2) is 27.5 Å². The van der Waals surface area contributed by atoms with Crippen LogP contribution < -0.4 is 0 Å². The van der Waals surface area contributed by atoms with Crippen LogP contribution in [0, 0.1) is 6.92 Å². The Morgan fingerprint density at radius 3 is 1.78 bits per heavy atom. The molecule has 0 fully saturated rings. The molecule has 0 N–H and O–H groups in total. The molecule has 0 aliphatic carbocycles. The second-order valence-corrected chi connectivity index (χ2v) is 16.6. The fourth-order valence-corrected chi connectivity index (χ4v) is 9.65. The van der Waals surface area contributed by atoms with E-state index < -0.39 is 0 Å². The van der Waals surface area contributed by atoms with E-state index in [9.17, 15) is 0 Å². The molecule has 3 aromatic heterocycles. The summed E-state index contributed by atoms with van der Waals surface area (Å²) >= 11 is 1.87. The lowest BCUT2D eigenvalue weighted by Crippen LogP contribution is -1.98. The van der Waals surface area contributed by atoms with Crippen molar-refractivity contribution in [2.45, 2.75) is 13.5 Å². The van der Waals surface area contributed by atoms with E-state index in [1.807, 2.05) is 85.1 Å². The van der Waals surface area contributed by atoms with Gasteiger partial charge in [0.15, 0.2) is 5.82 Å². The van der Waals surface area contributed by atoms with Crippen molar-refractivity contribution in [2.24, 2.45) is 9.98 Å². The summed E-state index contributed by atoms with van der Waals surface area (Å²) in [4.78, 5) is 18.5. The van der Waals surface area contributed by atoms with E-state index in [0.717, 1.165) is 50.6 Å². The number of aliphatic imine (C=N–C) groups is 2. The first-order valence-electron chi connectivity index (χ1n) is 21.3. The lowest BCUT2D eigenvalue weighted by molar-refractivity contribution is 1.07. The Balaban J connectivity index is 0.000000748. The highest BCUT2D eigenvalue weighted by Gasteiger charge is 2.22. The van der Waals surface area contributed by atoms with Crippen molar-refractivity contribution in [3.8, 4) is 50.6 Å². The van der Waals surface area contributed by atoms with Crippen molar-refractivity contribution in [1.29, 1.82) is 0 Å². The van der Waals surface area contributed by atoms with Crippen LogP contribution in [0.1, 0.15) is 11.3 Å². The molecule has 64 heavy (non-hydrogen) atoms. The molecule has 0 atom stereocenters. The number of thiophene rings is 1. The van der Waals surface area contributed by atoms with Gasteiger partial charge >= 0.3 is 0 Å². The molecule has 0 spiro atoms. The monoisotopic (exact) mass is 841 g/mol. The van der Waals surface area contributed by atoms with Gasteiger partial charge in [0.2, 0.25) is 0 Å². The SMILES string of the molecule is C=N/C=C\C=NCc1cc2c3cc(-c4ccccc4)ccc3sc2c2c3cc(-c4ccccc4)ccc3n(-c3ccc(-c4cc(C)nc(-c5ccccc5)n4)cc3)c12.c1ccccc1. The molecule has 0 bridgehead atoms. The maximum atomic E-state index is 5.01. The van der Waals surface area contributed by atoms with Gasteiger partial charge in [0.25, 0.3) is 0 Å². The second-order valence-electron chi connectivity index (χ2n) is 15.5. The first-order valence-corrected chi connectivity index (χ1v) is 22.1. The van der Waals surface area contributed by atoms with Crippen LogP contribution in [0.4, 0.5) is 0 Å². The largest absolute Gasteiger partial charge is 0.309 e. The molecule has 0 saturated carbocycles. The molecule has 11 rings (SSSR count). The molecule has 3 heterocycles. The maximum absolute atomic E-state index is 5.01. The molecule has 0 amide bonds. The summed E-state index contributed by atoms with van der Waals surface area (Å²) in [5.41, 5.74) is 13.1. The average Bonchev–Trinajstić information content (AvgIpc) is 3.90. The smallest absolute Gasteiger partial charge is 0.160 e. The van der Waals surface area contributed by atoms with Crippen molar-refractivity contribution in [3.63, 3.8) is 0 Å². The fourth-order valence-electron chi connectivity index (χ4n) is 8.43. The first kappa shape index (κ1) is 40.0. The molecular weight excluding hydrogens is 799 g/mol. The summed E-state index contributed by atoms with van der Waals surface area (Å²) in [7, 11) is 0. The molecule has 0 saturated heterocycles. The zero-order valence-corrected chi connectivity index (χ0v) is 36.2. The minimum atomic E-state index is 0.492. The zero-order chi connectivity index (χ0) is 43.2. The van der Waals surface area contributed by atoms with Crippen molar-refractivity contribution < 1.29 is 0 Å². The molecule has 11 aromatic rings. The van der Waals surface area contributed by atoms with Gasteiger partial charge in [0.1, 0.15) is 0 Å². The topological polar surface area (TPSA) is 55.4 Å². The number of aromatic nitrogens is 3. The summed E-state index contributed by atoms with van der Waals surface area (Å²) in [6.45, 7) is 6.10. The second kappa shape index (κ2) is 18.1. The summed E-state index contributed by atoms with van der Waals surface area (Å²) < 4.78 is 4.96. The number of hydrogen-bond acceptors (Lipinski definition) is 5. The highest BCUT2D eigenvalue weighted by Crippen LogP contribution is 2.46. The van der Waals surface area contributed by atoms with E-state index in [-0.39, 0.29) is 0 Å². The third kappa shape index (κ3) is 8.06. The van der Waals surface area contributed by atoms with Crippen molar-refractivity contribution in [3.05, 3.63) is 224 Å². The zero-order valence-electron chi connectivity index (χ0n) is 35.3. The Bertz CT molecular complexity index is 3440. The molecule has 306 valence electrons. The summed E-state index contributed by atoms with van der Waals surface area (Å²) in [6.07, 6.45) is 5.30. The molecule has 0 aliphatic heterocycles. The van der Waals surface area contributed by atoms with Crippen molar-refractivity contribution >= 4 is 66.2 Å². The van der Waals surface area contributed by atoms with E-state index in [1.54, 1.807) is 6.20 Å². The van der Waals surface area contributed by atoms with Crippen molar-refractivity contribution in [2.75, 3.05) is 0 Å². The Morgan fingerprint density at radius 1 is 0.562 bits per heavy atom. The van der Waals surface area contributed by atoms with Gasteiger partial charge in [-0.2, -0.15) is 0 Å². The third-order valence-corrected chi connectivity index (χ3v) is 12.6. The van der Waals surface area contributed by atoms with E-state index in [0.29, 0.717) is 6.54 Å². The molecule has 0 radical (unpaired) electrons. The van der Waals surface area contributed by atoms with Gasteiger partial charge in [0.05, 0.1) is 23.3 Å². The Morgan fingerprint density at radius 2 is 1.14 bits per heavy atom. The summed E-state index contributed by atoms with van der Waals surface area (Å²) in [5, 5.41) is 4.94. The fraction of sp³-hybridized carbons (Fsp3) is 0.0345. The number of allylic oxidation sites excluding steroid dienone is 1. The van der Waals surface area contributed by atoms with Gasteiger partial charge < -0.3 is 4.57 Å². The lowest BCUT2D eigenvalue weighted by Gasteiger charge is -2.13. The van der Waals surface area contributed by atoms with Gasteiger partial charge in [0, 0.05) is 65.9 Å². The van der Waals surface area contributed by atoms with E-state index >= 15 is 0 Å². The van der Waals surface area contributed by atoms with Crippen LogP contribution in [0.5, 0.6) is 0 Å². The highest BCUT2D eigenvalue weighted by atomic mass is 32.1. The highest BCUT2D eigenvalue weighted by molar-refractivity contribution is 7.26. The lowest BCUT2D eigenvalue weighted by atomic mass is 9.99. The molecule has 5 nitrogen and oxygen atoms in total. The van der Waals surface area contributed by atoms with Crippen LogP contribution in [0.25, 0.3) is 92.6 Å². The number of hydrogen-bond donors (Lipinski definition) is 0. The van der Waals surface area contributed by atoms with Gasteiger partial charge in [-0.3, -0.25) is 9.98 Å². The molecule has 0 unspecified atom stereocenters. The van der Waals surface area contributed by atoms with Crippen LogP contribution >= 0.6 is 11.3 Å². The van der Waals surface area contributed by atoms with Gasteiger partial charge in [-0.05, 0) is 96.1 Å². The minimum Gasteiger partial charge on any atom is -0.309 e. The first-order chi connectivity index (χ1) is 31.6. The molecular formula is C58H43N5S. The van der Waals surface area contributed by atoms with Crippen LogP contribution in [0.3, 0.4) is 0 Å². The van der Waals surface area contributed by atoms with Gasteiger partial charge in [-0.25, -0.2) is 9.97 Å². The number of benzene rings is 8. The number of rotatable bonds is 9. The van der Waals surface area contributed by atoms with E-state index in [4.69, 9.17) is 15.0 Å². The van der Waals surface area contributed by atoms with E-state index in [2.05, 4.69) is 162 Å². The maximum Gasteiger partial charge on any atom is 0.160 e.